The minimum absolute atomic E-state index is 0.164. The van der Waals surface area contributed by atoms with Crippen LogP contribution in [0.15, 0.2) is 0 Å². The highest BCUT2D eigenvalue weighted by molar-refractivity contribution is 5.69. The third-order valence-corrected chi connectivity index (χ3v) is 5.40. The van der Waals surface area contributed by atoms with E-state index in [1.165, 1.54) is 25.9 Å². The van der Waals surface area contributed by atoms with Crippen LogP contribution in [0.1, 0.15) is 12.8 Å². The van der Waals surface area contributed by atoms with Gasteiger partial charge < -0.3 is 14.7 Å². The largest absolute Gasteiger partial charge is 0.480 e. The lowest BCUT2D eigenvalue weighted by molar-refractivity contribution is -0.138. The summed E-state index contributed by atoms with van der Waals surface area (Å²) in [6.45, 7) is 8.93. The van der Waals surface area contributed by atoms with Gasteiger partial charge >= 0.3 is 5.97 Å². The molecule has 1 unspecified atom stereocenters. The van der Waals surface area contributed by atoms with Crippen LogP contribution >= 0.6 is 0 Å². The smallest absolute Gasteiger partial charge is 0.317 e. The summed E-state index contributed by atoms with van der Waals surface area (Å²) >= 11 is 0. The fourth-order valence-corrected chi connectivity index (χ4v) is 3.90. The molecule has 3 aliphatic heterocycles. The zero-order chi connectivity index (χ0) is 16.2. The number of rotatable bonds is 5. The second-order valence-electron chi connectivity index (χ2n) is 7.19. The molecule has 7 heteroatoms. The molecule has 3 fully saturated rings. The Kier molecular flexibility index (Phi) is 5.87. The number of piperazine rings is 1. The highest BCUT2D eigenvalue weighted by Crippen LogP contribution is 2.21. The molecule has 0 aromatic carbocycles. The van der Waals surface area contributed by atoms with Gasteiger partial charge in [0.1, 0.15) is 0 Å². The minimum Gasteiger partial charge on any atom is -0.480 e. The maximum absolute atomic E-state index is 10.8. The summed E-state index contributed by atoms with van der Waals surface area (Å²) in [5.74, 6) is -0.730. The van der Waals surface area contributed by atoms with Gasteiger partial charge in [-0.1, -0.05) is 0 Å². The Bertz CT molecular complexity index is 393. The van der Waals surface area contributed by atoms with E-state index < -0.39 is 5.97 Å². The second-order valence-corrected chi connectivity index (χ2v) is 7.19. The summed E-state index contributed by atoms with van der Waals surface area (Å²) in [4.78, 5) is 20.1. The Morgan fingerprint density at radius 1 is 1.09 bits per heavy atom. The van der Waals surface area contributed by atoms with Crippen molar-refractivity contribution in [3.8, 4) is 0 Å². The van der Waals surface area contributed by atoms with Crippen LogP contribution in [0.3, 0.4) is 0 Å². The summed E-state index contributed by atoms with van der Waals surface area (Å²) in [6.07, 6.45) is 2.81. The quantitative estimate of drug-likeness (QED) is 0.727. The van der Waals surface area contributed by atoms with Crippen molar-refractivity contribution in [1.82, 2.24) is 19.6 Å². The molecular weight excluding hydrogens is 296 g/mol. The first-order chi connectivity index (χ1) is 11.1. The van der Waals surface area contributed by atoms with Crippen molar-refractivity contribution in [1.29, 1.82) is 0 Å². The Balaban J connectivity index is 1.36. The summed E-state index contributed by atoms with van der Waals surface area (Å²) in [7, 11) is 2.20. The first-order valence-electron chi connectivity index (χ1n) is 8.81. The van der Waals surface area contributed by atoms with Gasteiger partial charge in [-0.2, -0.15) is 0 Å². The van der Waals surface area contributed by atoms with Gasteiger partial charge in [-0.3, -0.25) is 19.5 Å². The molecule has 0 radical (unpaired) electrons. The lowest BCUT2D eigenvalue weighted by atomic mass is 10.0. The average Bonchev–Trinajstić information content (AvgIpc) is 2.98. The summed E-state index contributed by atoms with van der Waals surface area (Å²) in [5, 5.41) is 8.85. The van der Waals surface area contributed by atoms with Crippen molar-refractivity contribution in [2.75, 3.05) is 72.7 Å². The van der Waals surface area contributed by atoms with Crippen molar-refractivity contribution in [2.24, 2.45) is 0 Å². The molecule has 0 saturated carbocycles. The van der Waals surface area contributed by atoms with E-state index >= 15 is 0 Å². The molecule has 0 bridgehead atoms. The fourth-order valence-electron chi connectivity index (χ4n) is 3.90. The maximum Gasteiger partial charge on any atom is 0.317 e. The van der Waals surface area contributed by atoms with Crippen LogP contribution in [0, 0.1) is 0 Å². The molecule has 0 aromatic heterocycles. The van der Waals surface area contributed by atoms with E-state index in [0.29, 0.717) is 12.1 Å². The topological polar surface area (TPSA) is 59.5 Å². The molecule has 0 spiro atoms. The van der Waals surface area contributed by atoms with Gasteiger partial charge in [-0.05, 0) is 33.0 Å². The van der Waals surface area contributed by atoms with E-state index in [1.807, 2.05) is 4.90 Å². The zero-order valence-electron chi connectivity index (χ0n) is 14.2. The third-order valence-electron chi connectivity index (χ3n) is 5.40. The number of carboxylic acids is 1. The van der Waals surface area contributed by atoms with Crippen LogP contribution in [0.4, 0.5) is 0 Å². The van der Waals surface area contributed by atoms with Crippen LogP contribution in [-0.4, -0.2) is 116 Å². The lowest BCUT2D eigenvalue weighted by Crippen LogP contribution is -2.50. The van der Waals surface area contributed by atoms with Gasteiger partial charge in [-0.15, -0.1) is 0 Å². The van der Waals surface area contributed by atoms with Crippen molar-refractivity contribution < 1.29 is 14.6 Å². The van der Waals surface area contributed by atoms with Crippen molar-refractivity contribution >= 4 is 5.97 Å². The van der Waals surface area contributed by atoms with Crippen LogP contribution in [0.5, 0.6) is 0 Å². The van der Waals surface area contributed by atoms with Gasteiger partial charge in [0.25, 0.3) is 0 Å². The highest BCUT2D eigenvalue weighted by atomic mass is 16.5. The van der Waals surface area contributed by atoms with E-state index in [1.54, 1.807) is 0 Å². The second kappa shape index (κ2) is 7.90. The molecular formula is C16H30N4O3. The SMILES string of the molecule is CN1CCC(N2COC(CN3CCN(CC(=O)O)CC3)C2)CC1. The first-order valence-corrected chi connectivity index (χ1v) is 8.81. The first kappa shape index (κ1) is 17.1. The van der Waals surface area contributed by atoms with E-state index in [-0.39, 0.29) is 6.54 Å². The van der Waals surface area contributed by atoms with Gasteiger partial charge in [-0.25, -0.2) is 0 Å². The van der Waals surface area contributed by atoms with E-state index in [2.05, 4.69) is 21.7 Å². The number of hydrogen-bond acceptors (Lipinski definition) is 6. The van der Waals surface area contributed by atoms with Gasteiger partial charge in [0.15, 0.2) is 0 Å². The number of carboxylic acid groups (broad SMARTS) is 1. The maximum atomic E-state index is 10.8. The molecule has 1 N–H and O–H groups in total. The van der Waals surface area contributed by atoms with E-state index in [9.17, 15) is 4.79 Å². The number of nitrogens with zero attached hydrogens (tertiary/aromatic N) is 4. The molecule has 132 valence electrons. The Morgan fingerprint density at radius 3 is 2.39 bits per heavy atom. The number of carbonyl (C=O) groups is 1. The van der Waals surface area contributed by atoms with E-state index in [0.717, 1.165) is 46.0 Å². The summed E-state index contributed by atoms with van der Waals surface area (Å²) in [6, 6.07) is 0.684. The Labute approximate surface area is 138 Å². The zero-order valence-corrected chi connectivity index (χ0v) is 14.2. The average molecular weight is 326 g/mol. The summed E-state index contributed by atoms with van der Waals surface area (Å²) < 4.78 is 6.00. The molecule has 0 aromatic rings. The van der Waals surface area contributed by atoms with Crippen LogP contribution in [-0.2, 0) is 9.53 Å². The number of hydrogen-bond donors (Lipinski definition) is 1. The monoisotopic (exact) mass is 326 g/mol. The molecule has 0 amide bonds. The lowest BCUT2D eigenvalue weighted by Gasteiger charge is -2.35. The van der Waals surface area contributed by atoms with Gasteiger partial charge in [0.05, 0.1) is 19.4 Å². The van der Waals surface area contributed by atoms with Gasteiger partial charge in [0.2, 0.25) is 0 Å². The molecule has 1 atom stereocenters. The predicted octanol–water partition coefficient (Wildman–Crippen LogP) is -0.559. The highest BCUT2D eigenvalue weighted by Gasteiger charge is 2.32. The number of likely N-dealkylation sites (tertiary alicyclic amines) is 1. The molecule has 3 saturated heterocycles. The van der Waals surface area contributed by atoms with Crippen molar-refractivity contribution in [3.05, 3.63) is 0 Å². The minimum atomic E-state index is -0.730. The molecule has 23 heavy (non-hydrogen) atoms. The number of aliphatic carboxylic acids is 1. The standard InChI is InChI=1S/C16H30N4O3/c1-17-4-2-14(3-5-17)20-11-15(23-13-20)10-18-6-8-19(9-7-18)12-16(21)22/h14-15H,2-13H2,1H3,(H,21,22). The normalized spacial score (nSPS) is 30.0. The fraction of sp³-hybridized carbons (Fsp3) is 0.938. The van der Waals surface area contributed by atoms with Crippen LogP contribution in [0.2, 0.25) is 0 Å². The number of piperidine rings is 1. The Morgan fingerprint density at radius 2 is 1.74 bits per heavy atom. The molecule has 3 heterocycles. The van der Waals surface area contributed by atoms with E-state index in [4.69, 9.17) is 9.84 Å². The summed E-state index contributed by atoms with van der Waals surface area (Å²) in [5.41, 5.74) is 0. The molecule has 0 aliphatic carbocycles. The van der Waals surface area contributed by atoms with Crippen LogP contribution in [0.25, 0.3) is 0 Å². The van der Waals surface area contributed by atoms with Crippen molar-refractivity contribution in [3.63, 3.8) is 0 Å². The molecule has 7 nitrogen and oxygen atoms in total. The predicted molar refractivity (Wildman–Crippen MR) is 87.5 cm³/mol. The third kappa shape index (κ3) is 4.87. The van der Waals surface area contributed by atoms with Gasteiger partial charge in [0, 0.05) is 45.3 Å². The molecule has 3 rings (SSSR count). The Hall–Kier alpha value is -0.730. The number of ether oxygens (including phenoxy) is 1. The van der Waals surface area contributed by atoms with Crippen molar-refractivity contribution in [2.45, 2.75) is 25.0 Å². The van der Waals surface area contributed by atoms with Crippen LogP contribution < -0.4 is 0 Å². The molecule has 3 aliphatic rings.